The molecule has 0 unspecified atom stereocenters. The highest BCUT2D eigenvalue weighted by Gasteiger charge is 2.50. The molecule has 152 valence electrons. The third kappa shape index (κ3) is 3.73. The first kappa shape index (κ1) is 18.6. The van der Waals surface area contributed by atoms with E-state index in [0.29, 0.717) is 6.54 Å². The molecule has 0 radical (unpaired) electrons. The second-order valence-electron chi connectivity index (χ2n) is 10.2. The maximum atomic E-state index is 12.5. The summed E-state index contributed by atoms with van der Waals surface area (Å²) >= 11 is 0. The van der Waals surface area contributed by atoms with Gasteiger partial charge in [0.1, 0.15) is 0 Å². The van der Waals surface area contributed by atoms with Crippen molar-refractivity contribution >= 4 is 11.6 Å². The number of nitrogens with one attached hydrogen (secondary N) is 1. The minimum Gasteiger partial charge on any atom is -0.325 e. The Hall–Kier alpha value is -1.39. The Morgan fingerprint density at radius 2 is 1.46 bits per heavy atom. The van der Waals surface area contributed by atoms with Crippen LogP contribution in [-0.4, -0.2) is 54.5 Å². The van der Waals surface area contributed by atoms with Crippen molar-refractivity contribution in [3.8, 4) is 0 Å². The van der Waals surface area contributed by atoms with Crippen molar-refractivity contribution in [3.63, 3.8) is 0 Å². The van der Waals surface area contributed by atoms with Gasteiger partial charge in [-0.2, -0.15) is 0 Å². The number of carbonyl (C=O) groups excluding carboxylic acids is 1. The van der Waals surface area contributed by atoms with Crippen molar-refractivity contribution in [1.29, 1.82) is 0 Å². The Bertz CT molecular complexity index is 689. The number of benzene rings is 1. The molecule has 4 aliphatic carbocycles. The van der Waals surface area contributed by atoms with Crippen LogP contribution >= 0.6 is 0 Å². The number of carbonyl (C=O) groups is 1. The van der Waals surface area contributed by atoms with E-state index in [1.165, 1.54) is 43.2 Å². The molecule has 4 nitrogen and oxygen atoms in total. The first-order valence-corrected chi connectivity index (χ1v) is 11.4. The molecule has 1 aliphatic heterocycles. The number of rotatable bonds is 4. The van der Waals surface area contributed by atoms with Gasteiger partial charge in [0.2, 0.25) is 5.91 Å². The molecule has 1 aromatic rings. The fourth-order valence-electron chi connectivity index (χ4n) is 7.16. The first-order valence-electron chi connectivity index (χ1n) is 11.4. The molecule has 5 fully saturated rings. The van der Waals surface area contributed by atoms with Crippen LogP contribution in [0, 0.1) is 37.5 Å². The molecule has 4 saturated carbocycles. The van der Waals surface area contributed by atoms with E-state index in [0.717, 1.165) is 61.6 Å². The van der Waals surface area contributed by atoms with E-state index in [9.17, 15) is 4.79 Å². The standard InChI is InChI=1S/C24H35N3O/c1-16-7-17(2)9-22(8-16)25-23(28)15-26-3-5-27(6-4-26)24-20-11-18-10-19(13-20)14-21(24)12-18/h7-9,18-21,24H,3-6,10-15H2,1-2H3,(H,25,28). The van der Waals surface area contributed by atoms with E-state index in [1.54, 1.807) is 0 Å². The van der Waals surface area contributed by atoms with Gasteiger partial charge in [0.25, 0.3) is 0 Å². The molecule has 0 atom stereocenters. The van der Waals surface area contributed by atoms with Crippen LogP contribution in [-0.2, 0) is 4.79 Å². The molecule has 28 heavy (non-hydrogen) atoms. The molecule has 4 heteroatoms. The molecule has 1 heterocycles. The lowest BCUT2D eigenvalue weighted by Gasteiger charge is -2.58. The van der Waals surface area contributed by atoms with E-state index >= 15 is 0 Å². The molecule has 1 saturated heterocycles. The average molecular weight is 382 g/mol. The molecular formula is C24H35N3O. The number of anilines is 1. The lowest BCUT2D eigenvalue weighted by molar-refractivity contribution is -0.118. The summed E-state index contributed by atoms with van der Waals surface area (Å²) in [5, 5.41) is 3.09. The molecule has 5 aliphatic rings. The minimum absolute atomic E-state index is 0.119. The fourth-order valence-corrected chi connectivity index (χ4v) is 7.16. The van der Waals surface area contributed by atoms with Gasteiger partial charge in [-0.25, -0.2) is 0 Å². The van der Waals surface area contributed by atoms with Crippen LogP contribution in [0.4, 0.5) is 5.69 Å². The van der Waals surface area contributed by atoms with Gasteiger partial charge in [0, 0.05) is 37.9 Å². The normalized spacial score (nSPS) is 35.3. The monoisotopic (exact) mass is 381 g/mol. The predicted molar refractivity (Wildman–Crippen MR) is 113 cm³/mol. The number of nitrogens with zero attached hydrogens (tertiary/aromatic N) is 2. The van der Waals surface area contributed by atoms with Gasteiger partial charge in [-0.15, -0.1) is 0 Å². The lowest BCUT2D eigenvalue weighted by Crippen LogP contribution is -2.60. The van der Waals surface area contributed by atoms with Crippen LogP contribution < -0.4 is 5.32 Å². The van der Waals surface area contributed by atoms with Crippen LogP contribution in [0.3, 0.4) is 0 Å². The molecule has 1 aromatic carbocycles. The van der Waals surface area contributed by atoms with E-state index in [1.807, 2.05) is 0 Å². The molecule has 1 N–H and O–H groups in total. The molecule has 1 amide bonds. The summed E-state index contributed by atoms with van der Waals surface area (Å²) in [6, 6.07) is 7.09. The van der Waals surface area contributed by atoms with Crippen LogP contribution in [0.1, 0.15) is 43.2 Å². The number of aryl methyl sites for hydroxylation is 2. The van der Waals surface area contributed by atoms with Crippen LogP contribution in [0.5, 0.6) is 0 Å². The average Bonchev–Trinajstić information content (AvgIpc) is 2.61. The van der Waals surface area contributed by atoms with Crippen LogP contribution in [0.15, 0.2) is 18.2 Å². The Labute approximate surface area is 169 Å². The summed E-state index contributed by atoms with van der Waals surface area (Å²) in [5.41, 5.74) is 3.31. The van der Waals surface area contributed by atoms with E-state index in [-0.39, 0.29) is 5.91 Å². The summed E-state index contributed by atoms with van der Waals surface area (Å²) in [6.07, 6.45) is 7.52. The topological polar surface area (TPSA) is 35.6 Å². The van der Waals surface area contributed by atoms with Crippen molar-refractivity contribution in [2.75, 3.05) is 38.0 Å². The second-order valence-corrected chi connectivity index (χ2v) is 10.2. The Balaban J connectivity index is 1.13. The second kappa shape index (κ2) is 7.46. The number of hydrogen-bond donors (Lipinski definition) is 1. The van der Waals surface area contributed by atoms with E-state index < -0.39 is 0 Å². The smallest absolute Gasteiger partial charge is 0.238 e. The number of piperazine rings is 1. The largest absolute Gasteiger partial charge is 0.325 e. The number of amides is 1. The van der Waals surface area contributed by atoms with Crippen LogP contribution in [0.25, 0.3) is 0 Å². The SMILES string of the molecule is Cc1cc(C)cc(NC(=O)CN2CCN(C3C4CC5CC(C4)CC3C5)CC2)c1. The van der Waals surface area contributed by atoms with Crippen molar-refractivity contribution in [2.24, 2.45) is 23.7 Å². The van der Waals surface area contributed by atoms with Gasteiger partial charge in [-0.3, -0.25) is 14.6 Å². The Kier molecular flexibility index (Phi) is 4.96. The first-order chi connectivity index (χ1) is 13.5. The van der Waals surface area contributed by atoms with E-state index in [4.69, 9.17) is 0 Å². The highest BCUT2D eigenvalue weighted by molar-refractivity contribution is 5.92. The zero-order valence-electron chi connectivity index (χ0n) is 17.5. The highest BCUT2D eigenvalue weighted by Crippen LogP contribution is 2.55. The quantitative estimate of drug-likeness (QED) is 0.864. The third-order valence-electron chi connectivity index (χ3n) is 7.88. The fraction of sp³-hybridized carbons (Fsp3) is 0.708. The molecule has 0 aromatic heterocycles. The maximum absolute atomic E-state index is 12.5. The summed E-state index contributed by atoms with van der Waals surface area (Å²) in [5.74, 6) is 4.15. The molecular weight excluding hydrogens is 346 g/mol. The number of hydrogen-bond acceptors (Lipinski definition) is 3. The summed E-state index contributed by atoms with van der Waals surface area (Å²) in [6.45, 7) is 9.01. The molecule has 6 rings (SSSR count). The van der Waals surface area contributed by atoms with Crippen molar-refractivity contribution in [1.82, 2.24) is 9.80 Å². The third-order valence-corrected chi connectivity index (χ3v) is 7.88. The molecule has 4 bridgehead atoms. The van der Waals surface area contributed by atoms with Crippen molar-refractivity contribution < 1.29 is 4.79 Å². The van der Waals surface area contributed by atoms with Gasteiger partial charge in [-0.05, 0) is 92.9 Å². The van der Waals surface area contributed by atoms with Gasteiger partial charge in [0.05, 0.1) is 6.54 Å². The van der Waals surface area contributed by atoms with Gasteiger partial charge >= 0.3 is 0 Å². The zero-order valence-corrected chi connectivity index (χ0v) is 17.5. The maximum Gasteiger partial charge on any atom is 0.238 e. The van der Waals surface area contributed by atoms with Crippen LogP contribution in [0.2, 0.25) is 0 Å². The predicted octanol–water partition coefficient (Wildman–Crippen LogP) is 3.68. The lowest BCUT2D eigenvalue weighted by atomic mass is 9.54. The van der Waals surface area contributed by atoms with Crippen molar-refractivity contribution in [3.05, 3.63) is 29.3 Å². The summed E-state index contributed by atoms with van der Waals surface area (Å²) < 4.78 is 0. The van der Waals surface area contributed by atoms with Gasteiger partial charge < -0.3 is 5.32 Å². The zero-order chi connectivity index (χ0) is 19.3. The van der Waals surface area contributed by atoms with E-state index in [2.05, 4.69) is 47.2 Å². The summed E-state index contributed by atoms with van der Waals surface area (Å²) in [7, 11) is 0. The molecule has 0 spiro atoms. The van der Waals surface area contributed by atoms with Gasteiger partial charge in [0.15, 0.2) is 0 Å². The summed E-state index contributed by atoms with van der Waals surface area (Å²) in [4.78, 5) is 17.7. The Morgan fingerprint density at radius 1 is 0.893 bits per heavy atom. The Morgan fingerprint density at radius 3 is 2.04 bits per heavy atom. The van der Waals surface area contributed by atoms with Gasteiger partial charge in [-0.1, -0.05) is 6.07 Å². The van der Waals surface area contributed by atoms with Crippen molar-refractivity contribution in [2.45, 2.75) is 52.0 Å². The highest BCUT2D eigenvalue weighted by atomic mass is 16.2. The minimum atomic E-state index is 0.119.